The zero-order valence-electron chi connectivity index (χ0n) is 22.5. The molecule has 0 bridgehead atoms. The van der Waals surface area contributed by atoms with E-state index in [0.29, 0.717) is 5.06 Å². The number of fused-ring (bicyclic) bond motifs is 1. The lowest BCUT2D eigenvalue weighted by Crippen LogP contribution is -2.53. The number of thiophene rings is 1. The molecule has 5 rings (SSSR count). The number of benzene rings is 1. The predicted octanol–water partition coefficient (Wildman–Crippen LogP) is 2.79. The number of sulfonamides is 1. The van der Waals surface area contributed by atoms with E-state index in [9.17, 15) is 28.0 Å². The van der Waals surface area contributed by atoms with Gasteiger partial charge in [0.2, 0.25) is 5.91 Å². The molecule has 2 amide bonds. The number of carbonyl (C=O) groups excluding carboxylic acids is 3. The number of aromatic nitrogens is 1. The molecule has 0 radical (unpaired) electrons. The van der Waals surface area contributed by atoms with Crippen LogP contribution in [-0.4, -0.2) is 66.6 Å². The second-order valence-corrected chi connectivity index (χ2v) is 13.3. The van der Waals surface area contributed by atoms with Crippen LogP contribution in [0, 0.1) is 11.1 Å². The van der Waals surface area contributed by atoms with Crippen molar-refractivity contribution in [2.75, 3.05) is 13.1 Å². The van der Waals surface area contributed by atoms with Crippen molar-refractivity contribution in [3.8, 4) is 15.5 Å². The summed E-state index contributed by atoms with van der Waals surface area (Å²) in [6, 6.07) is 14.4. The summed E-state index contributed by atoms with van der Waals surface area (Å²) in [5.41, 5.74) is 0.985. The molecule has 3 aromatic rings. The van der Waals surface area contributed by atoms with Crippen LogP contribution in [0.3, 0.4) is 0 Å². The van der Waals surface area contributed by atoms with Gasteiger partial charge < -0.3 is 20.2 Å². The molecular weight excluding hydrogens is 568 g/mol. The molecule has 4 heterocycles. The molecule has 1 N–H and O–H groups in total. The topological polar surface area (TPSA) is 140 Å². The number of carbonyl (C=O) groups is 3. The zero-order valence-corrected chi connectivity index (χ0v) is 24.1. The fraction of sp³-hybridized carbons (Fsp3) is 0.357. The number of ether oxygens (including phenoxy) is 1. The Bertz CT molecular complexity index is 1560. The van der Waals surface area contributed by atoms with E-state index in [1.165, 1.54) is 34.4 Å². The molecule has 11 nitrogen and oxygen atoms in total. The third-order valence-corrected chi connectivity index (χ3v) is 10.0. The number of likely N-dealkylation sites (tertiary alicyclic amines) is 1. The second-order valence-electron chi connectivity index (χ2n) is 10.4. The lowest BCUT2D eigenvalue weighted by atomic mass is 10.0. The maximum atomic E-state index is 13.7. The lowest BCUT2D eigenvalue weighted by molar-refractivity contribution is -0.646. The standard InChI is InChI=1S/C28H30N4O7S2/c1-18(2)16-20(29-28(35)39-25-12-11-23(40-25)19-8-4-3-5-9-19)27(34)30-15-13-21-26(30)22(33)17-32(21)41(37,38)24-10-6-7-14-31(24)36/h3-12,14,18,20-21,26H,13,15-17H2,1-2H3,(H,29,35). The fourth-order valence-electron chi connectivity index (χ4n) is 5.36. The number of ketones is 1. The van der Waals surface area contributed by atoms with Crippen molar-refractivity contribution in [3.63, 3.8) is 0 Å². The van der Waals surface area contributed by atoms with Crippen molar-refractivity contribution in [1.82, 2.24) is 14.5 Å². The van der Waals surface area contributed by atoms with Crippen molar-refractivity contribution >= 4 is 39.1 Å². The summed E-state index contributed by atoms with van der Waals surface area (Å²) < 4.78 is 33.3. The van der Waals surface area contributed by atoms with Crippen LogP contribution >= 0.6 is 11.3 Å². The second kappa shape index (κ2) is 11.6. The summed E-state index contributed by atoms with van der Waals surface area (Å²) in [7, 11) is -4.28. The van der Waals surface area contributed by atoms with Gasteiger partial charge in [-0.3, -0.25) is 9.59 Å². The molecule has 2 fully saturated rings. The first-order chi connectivity index (χ1) is 19.6. The normalized spacial score (nSPS) is 19.8. The van der Waals surface area contributed by atoms with Gasteiger partial charge in [-0.05, 0) is 42.5 Å². The van der Waals surface area contributed by atoms with Gasteiger partial charge in [-0.15, -0.1) is 0 Å². The van der Waals surface area contributed by atoms with Crippen molar-refractivity contribution < 1.29 is 32.3 Å². The van der Waals surface area contributed by atoms with Crippen LogP contribution in [0.5, 0.6) is 5.06 Å². The number of hydrogen-bond donors (Lipinski definition) is 1. The van der Waals surface area contributed by atoms with E-state index < -0.39 is 57.5 Å². The number of rotatable bonds is 8. The van der Waals surface area contributed by atoms with Crippen LogP contribution in [0.2, 0.25) is 0 Å². The predicted molar refractivity (Wildman–Crippen MR) is 150 cm³/mol. The average Bonchev–Trinajstić information content (AvgIpc) is 3.66. The van der Waals surface area contributed by atoms with Crippen molar-refractivity contribution in [2.45, 2.75) is 49.8 Å². The lowest BCUT2D eigenvalue weighted by Gasteiger charge is -2.28. The molecule has 41 heavy (non-hydrogen) atoms. The molecule has 0 saturated carbocycles. The highest BCUT2D eigenvalue weighted by molar-refractivity contribution is 7.89. The number of nitrogens with zero attached hydrogens (tertiary/aromatic N) is 3. The van der Waals surface area contributed by atoms with Gasteiger partial charge in [0, 0.05) is 23.6 Å². The largest absolute Gasteiger partial charge is 0.618 e. The quantitative estimate of drug-likeness (QED) is 0.311. The molecule has 0 aliphatic carbocycles. The van der Waals surface area contributed by atoms with E-state index in [-0.39, 0.29) is 30.0 Å². The highest BCUT2D eigenvalue weighted by Crippen LogP contribution is 2.35. The van der Waals surface area contributed by atoms with E-state index in [4.69, 9.17) is 4.74 Å². The first-order valence-electron chi connectivity index (χ1n) is 13.2. The van der Waals surface area contributed by atoms with E-state index >= 15 is 0 Å². The van der Waals surface area contributed by atoms with Crippen molar-refractivity contribution in [3.05, 3.63) is 72.1 Å². The minimum Gasteiger partial charge on any atom is -0.618 e. The Balaban J connectivity index is 1.30. The van der Waals surface area contributed by atoms with Gasteiger partial charge in [0.15, 0.2) is 17.0 Å². The number of hydrogen-bond acceptors (Lipinski definition) is 8. The number of nitrogens with one attached hydrogen (secondary N) is 1. The fourth-order valence-corrected chi connectivity index (χ4v) is 7.88. The van der Waals surface area contributed by atoms with Gasteiger partial charge in [0.1, 0.15) is 12.1 Å². The number of pyridine rings is 1. The summed E-state index contributed by atoms with van der Waals surface area (Å²) in [5.74, 6) is -0.892. The van der Waals surface area contributed by atoms with E-state index in [1.807, 2.05) is 50.2 Å². The minimum atomic E-state index is -4.28. The maximum Gasteiger partial charge on any atom is 0.414 e. The molecule has 2 aromatic heterocycles. The van der Waals surface area contributed by atoms with E-state index in [0.717, 1.165) is 20.9 Å². The molecule has 13 heteroatoms. The van der Waals surface area contributed by atoms with Gasteiger partial charge in [0.05, 0.1) is 12.6 Å². The molecule has 1 aromatic carbocycles. The van der Waals surface area contributed by atoms with Crippen LogP contribution in [-0.2, 0) is 19.6 Å². The Morgan fingerprint density at radius 2 is 1.85 bits per heavy atom. The monoisotopic (exact) mass is 598 g/mol. The Kier molecular flexibility index (Phi) is 8.11. The van der Waals surface area contributed by atoms with Crippen LogP contribution in [0.1, 0.15) is 26.7 Å². The van der Waals surface area contributed by atoms with E-state index in [1.54, 1.807) is 6.07 Å². The van der Waals surface area contributed by atoms with Crippen LogP contribution < -0.4 is 14.8 Å². The molecule has 3 unspecified atom stereocenters. The van der Waals surface area contributed by atoms with Gasteiger partial charge in [-0.1, -0.05) is 55.5 Å². The number of amides is 2. The summed E-state index contributed by atoms with van der Waals surface area (Å²) in [4.78, 5) is 41.9. The van der Waals surface area contributed by atoms with Crippen LogP contribution in [0.25, 0.3) is 10.4 Å². The van der Waals surface area contributed by atoms with Gasteiger partial charge >= 0.3 is 21.1 Å². The Morgan fingerprint density at radius 3 is 2.56 bits per heavy atom. The third-order valence-electron chi connectivity index (χ3n) is 7.15. The van der Waals surface area contributed by atoms with Gasteiger partial charge in [-0.2, -0.15) is 9.04 Å². The van der Waals surface area contributed by atoms with E-state index in [2.05, 4.69) is 5.32 Å². The van der Waals surface area contributed by atoms with Gasteiger partial charge in [-0.25, -0.2) is 13.2 Å². The molecule has 2 saturated heterocycles. The summed E-state index contributed by atoms with van der Waals surface area (Å²) in [6.07, 6.45) is 0.792. The first-order valence-corrected chi connectivity index (χ1v) is 15.5. The Labute approximate surface area is 242 Å². The molecule has 3 atom stereocenters. The highest BCUT2D eigenvalue weighted by atomic mass is 32.2. The Hall–Kier alpha value is -3.81. The van der Waals surface area contributed by atoms with Crippen molar-refractivity contribution in [2.24, 2.45) is 5.92 Å². The first kappa shape index (κ1) is 28.7. The maximum absolute atomic E-state index is 13.7. The molecule has 0 spiro atoms. The number of Topliss-reactive ketones (excluding diaryl/α,β-unsaturated/α-hetero) is 1. The highest BCUT2D eigenvalue weighted by Gasteiger charge is 2.55. The smallest absolute Gasteiger partial charge is 0.414 e. The molecular formula is C28H30N4O7S2. The summed E-state index contributed by atoms with van der Waals surface area (Å²) >= 11 is 1.29. The SMILES string of the molecule is CC(C)CC(NC(=O)Oc1ccc(-c2ccccc2)s1)C(=O)N1CCC2C1C(=O)CN2S(=O)(=O)c1cccc[n+]1[O-]. The molecule has 216 valence electrons. The van der Waals surface area contributed by atoms with Crippen LogP contribution in [0.15, 0.2) is 71.9 Å². The van der Waals surface area contributed by atoms with Crippen LogP contribution in [0.4, 0.5) is 4.79 Å². The van der Waals surface area contributed by atoms with Gasteiger partial charge in [0.25, 0.3) is 0 Å². The summed E-state index contributed by atoms with van der Waals surface area (Å²) in [5, 5.41) is 14.7. The minimum absolute atomic E-state index is 0.0239. The average molecular weight is 599 g/mol. The Morgan fingerprint density at radius 1 is 1.12 bits per heavy atom. The molecule has 2 aliphatic heterocycles. The molecule has 2 aliphatic rings. The third kappa shape index (κ3) is 5.83. The summed E-state index contributed by atoms with van der Waals surface area (Å²) in [6.45, 7) is 3.49. The zero-order chi connectivity index (χ0) is 29.3. The van der Waals surface area contributed by atoms with Crippen molar-refractivity contribution in [1.29, 1.82) is 0 Å².